The molecular formula is C15H26N4. The summed E-state index contributed by atoms with van der Waals surface area (Å²) in [6.07, 6.45) is 6.57. The number of anilines is 1. The minimum atomic E-state index is 0.775. The molecule has 1 fully saturated rings. The number of hydrogen-bond donors (Lipinski definition) is 1. The lowest BCUT2D eigenvalue weighted by Crippen LogP contribution is -2.35. The van der Waals surface area contributed by atoms with E-state index in [-0.39, 0.29) is 0 Å². The summed E-state index contributed by atoms with van der Waals surface area (Å²) in [5, 5.41) is 3.51. The maximum Gasteiger partial charge on any atom is 0.203 e. The Morgan fingerprint density at radius 2 is 2.21 bits per heavy atom. The molecule has 0 aromatic carbocycles. The van der Waals surface area contributed by atoms with E-state index in [1.165, 1.54) is 32.5 Å². The SMILES string of the molecule is C=CCn1cc(C)nc1NCC1CCN(CC)CC1. The molecule has 1 aliphatic rings. The van der Waals surface area contributed by atoms with E-state index in [9.17, 15) is 0 Å². The van der Waals surface area contributed by atoms with Gasteiger partial charge in [-0.15, -0.1) is 6.58 Å². The minimum Gasteiger partial charge on any atom is -0.355 e. The van der Waals surface area contributed by atoms with E-state index in [0.717, 1.165) is 30.6 Å². The fourth-order valence-corrected chi connectivity index (χ4v) is 2.71. The molecule has 0 atom stereocenters. The maximum atomic E-state index is 4.54. The van der Waals surface area contributed by atoms with Gasteiger partial charge in [-0.2, -0.15) is 0 Å². The Morgan fingerprint density at radius 3 is 2.84 bits per heavy atom. The minimum absolute atomic E-state index is 0.775. The molecule has 0 saturated carbocycles. The van der Waals surface area contributed by atoms with Gasteiger partial charge in [0.05, 0.1) is 5.69 Å². The van der Waals surface area contributed by atoms with Crippen molar-refractivity contribution in [2.45, 2.75) is 33.2 Å². The van der Waals surface area contributed by atoms with Crippen molar-refractivity contribution >= 4 is 5.95 Å². The molecule has 1 saturated heterocycles. The average Bonchev–Trinajstić information content (AvgIpc) is 2.78. The molecule has 1 aromatic heterocycles. The van der Waals surface area contributed by atoms with Crippen molar-refractivity contribution in [1.82, 2.24) is 14.5 Å². The summed E-state index contributed by atoms with van der Waals surface area (Å²) < 4.78 is 2.13. The second kappa shape index (κ2) is 6.75. The molecule has 1 N–H and O–H groups in total. The molecule has 0 aliphatic carbocycles. The van der Waals surface area contributed by atoms with Gasteiger partial charge in [0, 0.05) is 19.3 Å². The van der Waals surface area contributed by atoms with Gasteiger partial charge in [0.15, 0.2) is 0 Å². The molecule has 19 heavy (non-hydrogen) atoms. The highest BCUT2D eigenvalue weighted by Crippen LogP contribution is 2.18. The summed E-state index contributed by atoms with van der Waals surface area (Å²) in [4.78, 5) is 7.07. The summed E-state index contributed by atoms with van der Waals surface area (Å²) in [6, 6.07) is 0. The first kappa shape index (κ1) is 14.1. The average molecular weight is 262 g/mol. The Hall–Kier alpha value is -1.29. The van der Waals surface area contributed by atoms with Gasteiger partial charge >= 0.3 is 0 Å². The zero-order valence-corrected chi connectivity index (χ0v) is 12.2. The Balaban J connectivity index is 1.83. The number of nitrogens with zero attached hydrogens (tertiary/aromatic N) is 3. The molecule has 0 unspecified atom stereocenters. The van der Waals surface area contributed by atoms with E-state index >= 15 is 0 Å². The van der Waals surface area contributed by atoms with E-state index in [0.29, 0.717) is 0 Å². The largest absolute Gasteiger partial charge is 0.355 e. The van der Waals surface area contributed by atoms with Gasteiger partial charge in [-0.05, 0) is 45.3 Å². The van der Waals surface area contributed by atoms with Gasteiger partial charge < -0.3 is 14.8 Å². The highest BCUT2D eigenvalue weighted by Gasteiger charge is 2.18. The molecule has 4 heteroatoms. The summed E-state index contributed by atoms with van der Waals surface area (Å²) in [5.74, 6) is 1.76. The van der Waals surface area contributed by atoms with Crippen molar-refractivity contribution in [2.24, 2.45) is 5.92 Å². The number of nitrogens with one attached hydrogen (secondary N) is 1. The fraction of sp³-hybridized carbons (Fsp3) is 0.667. The number of rotatable bonds is 6. The normalized spacial score (nSPS) is 17.6. The second-order valence-electron chi connectivity index (χ2n) is 5.41. The molecule has 2 heterocycles. The Morgan fingerprint density at radius 1 is 1.47 bits per heavy atom. The number of aromatic nitrogens is 2. The number of allylic oxidation sites excluding steroid dienone is 1. The number of aryl methyl sites for hydroxylation is 1. The first-order chi connectivity index (χ1) is 9.22. The van der Waals surface area contributed by atoms with E-state index in [1.54, 1.807) is 0 Å². The Bertz CT molecular complexity index is 402. The molecule has 1 aliphatic heterocycles. The van der Waals surface area contributed by atoms with E-state index in [2.05, 4.69) is 39.5 Å². The zero-order chi connectivity index (χ0) is 13.7. The Kier molecular flexibility index (Phi) is 5.02. The van der Waals surface area contributed by atoms with Crippen LogP contribution in [-0.2, 0) is 6.54 Å². The van der Waals surface area contributed by atoms with Crippen LogP contribution in [0.25, 0.3) is 0 Å². The summed E-state index contributed by atoms with van der Waals surface area (Å²) >= 11 is 0. The standard InChI is InChI=1S/C15H26N4/c1-4-8-19-12-13(3)17-15(19)16-11-14-6-9-18(5-2)10-7-14/h4,12,14H,1,5-11H2,2-3H3,(H,16,17). The number of likely N-dealkylation sites (tertiary alicyclic amines) is 1. The highest BCUT2D eigenvalue weighted by molar-refractivity contribution is 5.29. The van der Waals surface area contributed by atoms with Crippen LogP contribution < -0.4 is 5.32 Å². The lowest BCUT2D eigenvalue weighted by atomic mass is 9.97. The van der Waals surface area contributed by atoms with Crippen LogP contribution in [-0.4, -0.2) is 40.6 Å². The molecule has 0 bridgehead atoms. The Labute approximate surface area is 116 Å². The van der Waals surface area contributed by atoms with Gasteiger partial charge in [-0.3, -0.25) is 0 Å². The van der Waals surface area contributed by atoms with E-state index in [4.69, 9.17) is 0 Å². The lowest BCUT2D eigenvalue weighted by Gasteiger charge is -2.31. The van der Waals surface area contributed by atoms with Crippen molar-refractivity contribution in [3.8, 4) is 0 Å². The summed E-state index contributed by atoms with van der Waals surface area (Å²) in [6.45, 7) is 13.6. The van der Waals surface area contributed by atoms with Crippen LogP contribution in [0.4, 0.5) is 5.95 Å². The van der Waals surface area contributed by atoms with E-state index < -0.39 is 0 Å². The molecule has 4 nitrogen and oxygen atoms in total. The quantitative estimate of drug-likeness (QED) is 0.800. The topological polar surface area (TPSA) is 33.1 Å². The number of hydrogen-bond acceptors (Lipinski definition) is 3. The van der Waals surface area contributed by atoms with Gasteiger partial charge in [-0.1, -0.05) is 13.0 Å². The first-order valence-corrected chi connectivity index (χ1v) is 7.33. The van der Waals surface area contributed by atoms with Gasteiger partial charge in [0.25, 0.3) is 0 Å². The van der Waals surface area contributed by atoms with Crippen molar-refractivity contribution in [3.05, 3.63) is 24.5 Å². The lowest BCUT2D eigenvalue weighted by molar-refractivity contribution is 0.198. The maximum absolute atomic E-state index is 4.54. The van der Waals surface area contributed by atoms with Crippen molar-refractivity contribution < 1.29 is 0 Å². The molecule has 1 aromatic rings. The molecule has 0 radical (unpaired) electrons. The monoisotopic (exact) mass is 262 g/mol. The zero-order valence-electron chi connectivity index (χ0n) is 12.2. The second-order valence-corrected chi connectivity index (χ2v) is 5.41. The van der Waals surface area contributed by atoms with Gasteiger partial charge in [-0.25, -0.2) is 4.98 Å². The predicted octanol–water partition coefficient (Wildman–Crippen LogP) is 2.52. The van der Waals surface area contributed by atoms with Crippen molar-refractivity contribution in [2.75, 3.05) is 31.5 Å². The third-order valence-corrected chi connectivity index (χ3v) is 3.93. The van der Waals surface area contributed by atoms with Crippen LogP contribution >= 0.6 is 0 Å². The molecule has 0 amide bonds. The van der Waals surface area contributed by atoms with Crippen molar-refractivity contribution in [1.29, 1.82) is 0 Å². The van der Waals surface area contributed by atoms with Crippen LogP contribution in [0.15, 0.2) is 18.9 Å². The molecule has 106 valence electrons. The van der Waals surface area contributed by atoms with Gasteiger partial charge in [0.2, 0.25) is 5.95 Å². The van der Waals surface area contributed by atoms with Crippen LogP contribution in [0.3, 0.4) is 0 Å². The highest BCUT2D eigenvalue weighted by atomic mass is 15.2. The van der Waals surface area contributed by atoms with Crippen LogP contribution in [0.2, 0.25) is 0 Å². The summed E-state index contributed by atoms with van der Waals surface area (Å²) in [7, 11) is 0. The smallest absolute Gasteiger partial charge is 0.203 e. The molecular weight excluding hydrogens is 236 g/mol. The van der Waals surface area contributed by atoms with Crippen LogP contribution in [0.5, 0.6) is 0 Å². The van der Waals surface area contributed by atoms with Crippen LogP contribution in [0.1, 0.15) is 25.5 Å². The third kappa shape index (κ3) is 3.83. The molecule has 2 rings (SSSR count). The first-order valence-electron chi connectivity index (χ1n) is 7.33. The number of piperidine rings is 1. The van der Waals surface area contributed by atoms with Crippen LogP contribution in [0, 0.1) is 12.8 Å². The van der Waals surface area contributed by atoms with E-state index in [1.807, 2.05) is 13.0 Å². The third-order valence-electron chi connectivity index (χ3n) is 3.93. The van der Waals surface area contributed by atoms with Gasteiger partial charge in [0.1, 0.15) is 0 Å². The summed E-state index contributed by atoms with van der Waals surface area (Å²) in [5.41, 5.74) is 1.06. The fourth-order valence-electron chi connectivity index (χ4n) is 2.71. The van der Waals surface area contributed by atoms with Crippen molar-refractivity contribution in [3.63, 3.8) is 0 Å². The molecule has 0 spiro atoms. The number of imidazole rings is 1. The predicted molar refractivity (Wildman–Crippen MR) is 80.5 cm³/mol.